The van der Waals surface area contributed by atoms with E-state index in [1.807, 2.05) is 6.07 Å². The van der Waals surface area contributed by atoms with Crippen LogP contribution in [0.5, 0.6) is 0 Å². The van der Waals surface area contributed by atoms with Crippen LogP contribution in [0.2, 0.25) is 0 Å². The molecule has 1 aromatic carbocycles. The van der Waals surface area contributed by atoms with E-state index in [9.17, 15) is 4.39 Å². The van der Waals surface area contributed by atoms with Crippen molar-refractivity contribution in [1.29, 1.82) is 0 Å². The monoisotopic (exact) mass is 281 g/mol. The van der Waals surface area contributed by atoms with E-state index in [2.05, 4.69) is 19.2 Å². The summed E-state index contributed by atoms with van der Waals surface area (Å²) in [6.45, 7) is 7.24. The zero-order valence-corrected chi connectivity index (χ0v) is 13.0. The van der Waals surface area contributed by atoms with E-state index in [0.717, 1.165) is 44.5 Å². The van der Waals surface area contributed by atoms with Gasteiger partial charge < -0.3 is 10.1 Å². The van der Waals surface area contributed by atoms with Gasteiger partial charge in [0.1, 0.15) is 5.82 Å². The van der Waals surface area contributed by atoms with Gasteiger partial charge in [0.2, 0.25) is 0 Å². The fourth-order valence-electron chi connectivity index (χ4n) is 2.44. The lowest BCUT2D eigenvalue weighted by Gasteiger charge is -2.24. The number of ether oxygens (including phenoxy) is 1. The highest BCUT2D eigenvalue weighted by Gasteiger charge is 2.17. The molecule has 0 fully saturated rings. The van der Waals surface area contributed by atoms with Crippen LogP contribution in [0.15, 0.2) is 24.3 Å². The van der Waals surface area contributed by atoms with Crippen molar-refractivity contribution in [2.24, 2.45) is 11.8 Å². The molecule has 0 aliphatic heterocycles. The molecule has 0 aliphatic rings. The molecule has 1 N–H and O–H groups in total. The molecular formula is C17H28FNO. The van der Waals surface area contributed by atoms with Crippen LogP contribution >= 0.6 is 0 Å². The van der Waals surface area contributed by atoms with E-state index in [0.29, 0.717) is 11.8 Å². The first-order valence-electron chi connectivity index (χ1n) is 7.61. The molecule has 0 heterocycles. The molecule has 20 heavy (non-hydrogen) atoms. The van der Waals surface area contributed by atoms with E-state index in [1.165, 1.54) is 6.07 Å². The molecule has 0 saturated heterocycles. The molecule has 0 aromatic heterocycles. The minimum Gasteiger partial charge on any atom is -0.385 e. The molecule has 1 aromatic rings. The second kappa shape index (κ2) is 9.89. The molecule has 0 aliphatic carbocycles. The number of hydrogen-bond donors (Lipinski definition) is 1. The molecule has 2 nitrogen and oxygen atoms in total. The summed E-state index contributed by atoms with van der Waals surface area (Å²) in [5, 5.41) is 3.49. The van der Waals surface area contributed by atoms with E-state index in [1.54, 1.807) is 19.2 Å². The Morgan fingerprint density at radius 1 is 1.35 bits per heavy atom. The summed E-state index contributed by atoms with van der Waals surface area (Å²) in [4.78, 5) is 0. The molecule has 3 heteroatoms. The average Bonchev–Trinajstić information content (AvgIpc) is 2.44. The third-order valence-corrected chi connectivity index (χ3v) is 3.80. The molecule has 0 radical (unpaired) electrons. The van der Waals surface area contributed by atoms with Gasteiger partial charge in [-0.05, 0) is 61.9 Å². The third-order valence-electron chi connectivity index (χ3n) is 3.80. The van der Waals surface area contributed by atoms with Crippen LogP contribution in [0.4, 0.5) is 4.39 Å². The van der Waals surface area contributed by atoms with Crippen LogP contribution in [-0.4, -0.2) is 26.8 Å². The number of methoxy groups -OCH3 is 1. The van der Waals surface area contributed by atoms with Crippen molar-refractivity contribution in [2.45, 2.75) is 33.1 Å². The average molecular weight is 281 g/mol. The van der Waals surface area contributed by atoms with Crippen LogP contribution in [0.3, 0.4) is 0 Å². The van der Waals surface area contributed by atoms with Gasteiger partial charge in [0.25, 0.3) is 0 Å². The topological polar surface area (TPSA) is 21.3 Å². The van der Waals surface area contributed by atoms with Crippen molar-refractivity contribution in [3.63, 3.8) is 0 Å². The molecule has 0 saturated carbocycles. The molecule has 2 unspecified atom stereocenters. The molecule has 0 spiro atoms. The summed E-state index contributed by atoms with van der Waals surface area (Å²) in [6, 6.07) is 6.96. The summed E-state index contributed by atoms with van der Waals surface area (Å²) < 4.78 is 18.5. The Hall–Kier alpha value is -0.930. The van der Waals surface area contributed by atoms with Gasteiger partial charge in [-0.15, -0.1) is 0 Å². The quantitative estimate of drug-likeness (QED) is 0.661. The van der Waals surface area contributed by atoms with Gasteiger partial charge in [0.15, 0.2) is 0 Å². The molecule has 1 rings (SSSR count). The Labute approximate surface area is 122 Å². The van der Waals surface area contributed by atoms with Crippen LogP contribution < -0.4 is 5.32 Å². The van der Waals surface area contributed by atoms with Crippen molar-refractivity contribution in [2.75, 3.05) is 26.8 Å². The zero-order chi connectivity index (χ0) is 14.8. The Balaban J connectivity index is 2.60. The van der Waals surface area contributed by atoms with E-state index in [-0.39, 0.29) is 5.82 Å². The Morgan fingerprint density at radius 2 is 2.15 bits per heavy atom. The van der Waals surface area contributed by atoms with Gasteiger partial charge in [-0.2, -0.15) is 0 Å². The minimum atomic E-state index is -0.146. The first kappa shape index (κ1) is 17.1. The molecule has 2 atom stereocenters. The van der Waals surface area contributed by atoms with Gasteiger partial charge in [-0.1, -0.05) is 26.0 Å². The third kappa shape index (κ3) is 6.49. The zero-order valence-electron chi connectivity index (χ0n) is 13.0. The minimum absolute atomic E-state index is 0.146. The smallest absolute Gasteiger partial charge is 0.123 e. The van der Waals surface area contributed by atoms with Crippen molar-refractivity contribution < 1.29 is 9.13 Å². The maximum Gasteiger partial charge on any atom is 0.123 e. The van der Waals surface area contributed by atoms with Crippen LogP contribution in [-0.2, 0) is 11.2 Å². The summed E-state index contributed by atoms with van der Waals surface area (Å²) in [7, 11) is 1.74. The summed E-state index contributed by atoms with van der Waals surface area (Å²) in [6.07, 6.45) is 3.10. The number of hydrogen-bond acceptors (Lipinski definition) is 2. The predicted molar refractivity (Wildman–Crippen MR) is 82.4 cm³/mol. The highest BCUT2D eigenvalue weighted by Crippen LogP contribution is 2.20. The number of benzene rings is 1. The first-order valence-corrected chi connectivity index (χ1v) is 7.61. The predicted octanol–water partition coefficient (Wildman–Crippen LogP) is 3.66. The van der Waals surface area contributed by atoms with Gasteiger partial charge >= 0.3 is 0 Å². The Morgan fingerprint density at radius 3 is 2.80 bits per heavy atom. The first-order chi connectivity index (χ1) is 9.67. The van der Waals surface area contributed by atoms with Crippen molar-refractivity contribution >= 4 is 0 Å². The molecule has 0 amide bonds. The standard InChI is InChI=1S/C17H28FNO/c1-4-9-19-13-16(14(2)8-10-20-3)11-15-6-5-7-17(18)12-15/h5-7,12,14,16,19H,4,8-11,13H2,1-3H3. The van der Waals surface area contributed by atoms with Crippen molar-refractivity contribution in [1.82, 2.24) is 5.32 Å². The normalized spacial score (nSPS) is 14.2. The van der Waals surface area contributed by atoms with Gasteiger partial charge in [-0.3, -0.25) is 0 Å². The Bertz CT molecular complexity index is 370. The Kier molecular flexibility index (Phi) is 8.47. The van der Waals surface area contributed by atoms with Crippen molar-refractivity contribution in [3.05, 3.63) is 35.6 Å². The lowest BCUT2D eigenvalue weighted by molar-refractivity contribution is 0.164. The number of nitrogens with one attached hydrogen (secondary N) is 1. The van der Waals surface area contributed by atoms with Crippen LogP contribution in [0.1, 0.15) is 32.3 Å². The number of halogens is 1. The SMILES string of the molecule is CCCNCC(Cc1cccc(F)c1)C(C)CCOC. The maximum atomic E-state index is 13.3. The van der Waals surface area contributed by atoms with Gasteiger partial charge in [0.05, 0.1) is 0 Å². The lowest BCUT2D eigenvalue weighted by Crippen LogP contribution is -2.30. The van der Waals surface area contributed by atoms with Gasteiger partial charge in [-0.25, -0.2) is 4.39 Å². The highest BCUT2D eigenvalue weighted by atomic mass is 19.1. The van der Waals surface area contributed by atoms with Crippen molar-refractivity contribution in [3.8, 4) is 0 Å². The summed E-state index contributed by atoms with van der Waals surface area (Å²) in [5.41, 5.74) is 1.08. The lowest BCUT2D eigenvalue weighted by atomic mass is 9.86. The summed E-state index contributed by atoms with van der Waals surface area (Å²) in [5.74, 6) is 0.924. The molecule has 0 bridgehead atoms. The van der Waals surface area contributed by atoms with Crippen LogP contribution in [0, 0.1) is 17.7 Å². The fourth-order valence-corrected chi connectivity index (χ4v) is 2.44. The van der Waals surface area contributed by atoms with Crippen LogP contribution in [0.25, 0.3) is 0 Å². The largest absolute Gasteiger partial charge is 0.385 e. The second-order valence-electron chi connectivity index (χ2n) is 5.56. The maximum absolute atomic E-state index is 13.3. The van der Waals surface area contributed by atoms with E-state index >= 15 is 0 Å². The molecule has 114 valence electrons. The summed E-state index contributed by atoms with van der Waals surface area (Å²) >= 11 is 0. The van der Waals surface area contributed by atoms with E-state index in [4.69, 9.17) is 4.74 Å². The van der Waals surface area contributed by atoms with E-state index < -0.39 is 0 Å². The second-order valence-corrected chi connectivity index (χ2v) is 5.56. The molecular weight excluding hydrogens is 253 g/mol. The highest BCUT2D eigenvalue weighted by molar-refractivity contribution is 5.17. The fraction of sp³-hybridized carbons (Fsp3) is 0.647. The van der Waals surface area contributed by atoms with Gasteiger partial charge in [0, 0.05) is 13.7 Å². The number of rotatable bonds is 10.